The molecule has 1 aliphatic rings. The molecule has 4 heteroatoms. The number of aromatic nitrogens is 1. The molecular weight excluding hydrogens is 224 g/mol. The topological polar surface area (TPSA) is 45.4 Å². The molecule has 0 radical (unpaired) electrons. The average molecular weight is 248 g/mol. The molecular formula is C14H24N4. The minimum Gasteiger partial charge on any atom is -0.329 e. The van der Waals surface area contributed by atoms with E-state index in [1.807, 2.05) is 18.3 Å². The van der Waals surface area contributed by atoms with Gasteiger partial charge in [0, 0.05) is 38.4 Å². The highest BCUT2D eigenvalue weighted by Crippen LogP contribution is 2.21. The molecule has 0 aromatic carbocycles. The Morgan fingerprint density at radius 1 is 1.44 bits per heavy atom. The average Bonchev–Trinajstić information content (AvgIpc) is 2.41. The van der Waals surface area contributed by atoms with Gasteiger partial charge in [-0.05, 0) is 25.6 Å². The Balaban J connectivity index is 2.06. The predicted octanol–water partition coefficient (Wildman–Crippen LogP) is 1.11. The third-order valence-electron chi connectivity index (χ3n) is 3.90. The largest absolute Gasteiger partial charge is 0.329 e. The van der Waals surface area contributed by atoms with Gasteiger partial charge < -0.3 is 5.73 Å². The number of hydrogen-bond acceptors (Lipinski definition) is 4. The molecule has 0 amide bonds. The Kier molecular flexibility index (Phi) is 4.69. The van der Waals surface area contributed by atoms with Crippen LogP contribution in [0.2, 0.25) is 0 Å². The van der Waals surface area contributed by atoms with Crippen molar-refractivity contribution in [3.63, 3.8) is 0 Å². The fraction of sp³-hybridized carbons (Fsp3) is 0.643. The summed E-state index contributed by atoms with van der Waals surface area (Å²) in [5.41, 5.74) is 7.05. The molecule has 0 bridgehead atoms. The highest BCUT2D eigenvalue weighted by molar-refractivity contribution is 5.10. The quantitative estimate of drug-likeness (QED) is 0.867. The van der Waals surface area contributed by atoms with Gasteiger partial charge in [0.05, 0.1) is 11.7 Å². The van der Waals surface area contributed by atoms with E-state index in [1.54, 1.807) is 0 Å². The fourth-order valence-electron chi connectivity index (χ4n) is 2.81. The summed E-state index contributed by atoms with van der Waals surface area (Å²) in [6.07, 6.45) is 1.85. The second-order valence-corrected chi connectivity index (χ2v) is 4.98. The van der Waals surface area contributed by atoms with Gasteiger partial charge in [0.2, 0.25) is 0 Å². The van der Waals surface area contributed by atoms with Crippen LogP contribution in [-0.4, -0.2) is 53.5 Å². The Morgan fingerprint density at radius 2 is 2.28 bits per heavy atom. The smallest absolute Gasteiger partial charge is 0.0645 e. The minimum atomic E-state index is 0.257. The molecule has 100 valence electrons. The Labute approximate surface area is 110 Å². The predicted molar refractivity (Wildman–Crippen MR) is 74.3 cm³/mol. The first-order valence-electron chi connectivity index (χ1n) is 6.85. The SMILES string of the molecule is CCN1CCN(C(CN)c2ccccn2)CC1C. The Bertz CT molecular complexity index is 354. The van der Waals surface area contributed by atoms with E-state index in [4.69, 9.17) is 5.73 Å². The lowest BCUT2D eigenvalue weighted by molar-refractivity contribution is 0.0594. The van der Waals surface area contributed by atoms with E-state index in [9.17, 15) is 0 Å². The molecule has 1 aromatic rings. The van der Waals surface area contributed by atoms with Crippen molar-refractivity contribution in [2.24, 2.45) is 5.73 Å². The molecule has 18 heavy (non-hydrogen) atoms. The van der Waals surface area contributed by atoms with Gasteiger partial charge in [-0.3, -0.25) is 14.8 Å². The maximum Gasteiger partial charge on any atom is 0.0645 e. The van der Waals surface area contributed by atoms with Crippen molar-refractivity contribution in [2.45, 2.75) is 25.9 Å². The highest BCUT2D eigenvalue weighted by atomic mass is 15.3. The van der Waals surface area contributed by atoms with Crippen molar-refractivity contribution in [1.29, 1.82) is 0 Å². The fourth-order valence-corrected chi connectivity index (χ4v) is 2.81. The third kappa shape index (κ3) is 2.88. The third-order valence-corrected chi connectivity index (χ3v) is 3.90. The van der Waals surface area contributed by atoms with Crippen molar-refractivity contribution in [3.8, 4) is 0 Å². The molecule has 2 unspecified atom stereocenters. The molecule has 1 saturated heterocycles. The second kappa shape index (κ2) is 6.27. The maximum absolute atomic E-state index is 5.95. The van der Waals surface area contributed by atoms with Crippen molar-refractivity contribution in [1.82, 2.24) is 14.8 Å². The van der Waals surface area contributed by atoms with Gasteiger partial charge >= 0.3 is 0 Å². The van der Waals surface area contributed by atoms with Crippen molar-refractivity contribution >= 4 is 0 Å². The molecule has 0 spiro atoms. The monoisotopic (exact) mass is 248 g/mol. The molecule has 4 nitrogen and oxygen atoms in total. The summed E-state index contributed by atoms with van der Waals surface area (Å²) in [5.74, 6) is 0. The van der Waals surface area contributed by atoms with Crippen LogP contribution in [-0.2, 0) is 0 Å². The van der Waals surface area contributed by atoms with Gasteiger partial charge in [0.1, 0.15) is 0 Å². The number of piperazine rings is 1. The summed E-state index contributed by atoms with van der Waals surface area (Å²) >= 11 is 0. The van der Waals surface area contributed by atoms with E-state index in [2.05, 4.69) is 34.7 Å². The van der Waals surface area contributed by atoms with Gasteiger partial charge in [-0.2, -0.15) is 0 Å². The molecule has 1 aromatic heterocycles. The van der Waals surface area contributed by atoms with Gasteiger partial charge in [-0.15, -0.1) is 0 Å². The molecule has 1 fully saturated rings. The Hall–Kier alpha value is -0.970. The first kappa shape index (κ1) is 13.5. The van der Waals surface area contributed by atoms with Crippen LogP contribution in [0.25, 0.3) is 0 Å². The number of likely N-dealkylation sites (N-methyl/N-ethyl adjacent to an activating group) is 1. The molecule has 2 heterocycles. The maximum atomic E-state index is 5.95. The minimum absolute atomic E-state index is 0.257. The van der Waals surface area contributed by atoms with Crippen LogP contribution < -0.4 is 5.73 Å². The van der Waals surface area contributed by atoms with Gasteiger partial charge in [-0.1, -0.05) is 13.0 Å². The first-order valence-corrected chi connectivity index (χ1v) is 6.85. The molecule has 2 N–H and O–H groups in total. The van der Waals surface area contributed by atoms with Crippen LogP contribution >= 0.6 is 0 Å². The van der Waals surface area contributed by atoms with Crippen molar-refractivity contribution in [2.75, 3.05) is 32.7 Å². The number of pyridine rings is 1. The summed E-state index contributed by atoms with van der Waals surface area (Å²) in [6, 6.07) is 6.92. The van der Waals surface area contributed by atoms with Gasteiger partial charge in [0.25, 0.3) is 0 Å². The van der Waals surface area contributed by atoms with Crippen LogP contribution in [0.5, 0.6) is 0 Å². The lowest BCUT2D eigenvalue weighted by Crippen LogP contribution is -2.53. The first-order chi connectivity index (χ1) is 8.76. The summed E-state index contributed by atoms with van der Waals surface area (Å²) in [4.78, 5) is 9.44. The van der Waals surface area contributed by atoms with Crippen LogP contribution in [0, 0.1) is 0 Å². The normalized spacial score (nSPS) is 24.1. The molecule has 1 aliphatic heterocycles. The number of nitrogens with zero attached hydrogens (tertiary/aromatic N) is 3. The highest BCUT2D eigenvalue weighted by Gasteiger charge is 2.28. The number of nitrogens with two attached hydrogens (primary N) is 1. The summed E-state index contributed by atoms with van der Waals surface area (Å²) in [7, 11) is 0. The summed E-state index contributed by atoms with van der Waals surface area (Å²) in [5, 5.41) is 0. The Morgan fingerprint density at radius 3 is 2.83 bits per heavy atom. The molecule has 2 atom stereocenters. The zero-order valence-corrected chi connectivity index (χ0v) is 11.4. The summed E-state index contributed by atoms with van der Waals surface area (Å²) < 4.78 is 0. The number of rotatable bonds is 4. The van der Waals surface area contributed by atoms with E-state index in [0.717, 1.165) is 31.9 Å². The van der Waals surface area contributed by atoms with E-state index in [0.29, 0.717) is 12.6 Å². The van der Waals surface area contributed by atoms with Gasteiger partial charge in [0.15, 0.2) is 0 Å². The van der Waals surface area contributed by atoms with E-state index in [-0.39, 0.29) is 6.04 Å². The zero-order chi connectivity index (χ0) is 13.0. The van der Waals surface area contributed by atoms with E-state index >= 15 is 0 Å². The van der Waals surface area contributed by atoms with Crippen LogP contribution in [0.3, 0.4) is 0 Å². The lowest BCUT2D eigenvalue weighted by Gasteiger charge is -2.42. The molecule has 2 rings (SSSR count). The standard InChI is InChI=1S/C14H24N4/c1-3-17-8-9-18(11-12(17)2)14(10-15)13-6-4-5-7-16-13/h4-7,12,14H,3,8-11,15H2,1-2H3. The van der Waals surface area contributed by atoms with E-state index < -0.39 is 0 Å². The lowest BCUT2D eigenvalue weighted by atomic mass is 10.1. The molecule has 0 saturated carbocycles. The van der Waals surface area contributed by atoms with E-state index in [1.165, 1.54) is 0 Å². The zero-order valence-electron chi connectivity index (χ0n) is 11.4. The van der Waals surface area contributed by atoms with Crippen molar-refractivity contribution in [3.05, 3.63) is 30.1 Å². The second-order valence-electron chi connectivity index (χ2n) is 4.98. The van der Waals surface area contributed by atoms with Crippen LogP contribution in [0.1, 0.15) is 25.6 Å². The van der Waals surface area contributed by atoms with Crippen LogP contribution in [0.15, 0.2) is 24.4 Å². The van der Waals surface area contributed by atoms with Crippen LogP contribution in [0.4, 0.5) is 0 Å². The number of hydrogen-bond donors (Lipinski definition) is 1. The summed E-state index contributed by atoms with van der Waals surface area (Å²) in [6.45, 7) is 9.57. The van der Waals surface area contributed by atoms with Crippen molar-refractivity contribution < 1.29 is 0 Å². The van der Waals surface area contributed by atoms with Gasteiger partial charge in [-0.25, -0.2) is 0 Å². The molecule has 0 aliphatic carbocycles.